The first-order chi connectivity index (χ1) is 16.3. The number of rotatable bonds is 5. The van der Waals surface area contributed by atoms with Crippen molar-refractivity contribution in [1.29, 1.82) is 0 Å². The number of amides is 1. The Morgan fingerprint density at radius 1 is 0.818 bits per heavy atom. The van der Waals surface area contributed by atoms with E-state index in [0.717, 1.165) is 32.1 Å². The van der Waals surface area contributed by atoms with E-state index in [-0.39, 0.29) is 24.1 Å². The first-order valence-corrected chi connectivity index (χ1v) is 12.1. The van der Waals surface area contributed by atoms with Gasteiger partial charge < -0.3 is 4.74 Å². The van der Waals surface area contributed by atoms with Crippen molar-refractivity contribution in [3.8, 4) is 11.1 Å². The van der Waals surface area contributed by atoms with Crippen LogP contribution in [0.15, 0.2) is 90.5 Å². The van der Waals surface area contributed by atoms with Crippen LogP contribution >= 0.6 is 0 Å². The lowest BCUT2D eigenvalue weighted by molar-refractivity contribution is 0.0849. The first-order valence-electron chi connectivity index (χ1n) is 12.1. The SMILES string of the molecule is O=C(OCC1c2ccccc2-c2ccccc21)N1C2C=C(CCc3ccccc3)CC1CC2. The number of benzene rings is 3. The predicted octanol–water partition coefficient (Wildman–Crippen LogP) is 6.73. The van der Waals surface area contributed by atoms with Crippen molar-refractivity contribution in [1.82, 2.24) is 4.90 Å². The molecule has 6 rings (SSSR count). The number of carbonyl (C=O) groups is 1. The monoisotopic (exact) mass is 435 g/mol. The van der Waals surface area contributed by atoms with Gasteiger partial charge in [-0.25, -0.2) is 4.79 Å². The molecular weight excluding hydrogens is 406 g/mol. The van der Waals surface area contributed by atoms with Gasteiger partial charge in [0.05, 0.1) is 6.04 Å². The minimum Gasteiger partial charge on any atom is -0.448 e. The summed E-state index contributed by atoms with van der Waals surface area (Å²) in [5.41, 5.74) is 7.92. The van der Waals surface area contributed by atoms with E-state index in [4.69, 9.17) is 4.74 Å². The van der Waals surface area contributed by atoms with E-state index in [1.54, 1.807) is 0 Å². The number of nitrogens with zero attached hydrogens (tertiary/aromatic N) is 1. The molecular formula is C30H29NO2. The van der Waals surface area contributed by atoms with E-state index in [9.17, 15) is 4.79 Å². The Bertz CT molecular complexity index is 1150. The van der Waals surface area contributed by atoms with Crippen molar-refractivity contribution in [2.24, 2.45) is 0 Å². The van der Waals surface area contributed by atoms with Crippen LogP contribution in [0.3, 0.4) is 0 Å². The highest BCUT2D eigenvalue weighted by Crippen LogP contribution is 2.45. The molecule has 1 fully saturated rings. The molecule has 3 aromatic rings. The highest BCUT2D eigenvalue weighted by molar-refractivity contribution is 5.79. The third-order valence-electron chi connectivity index (χ3n) is 7.60. The molecule has 3 heteroatoms. The van der Waals surface area contributed by atoms with Crippen molar-refractivity contribution >= 4 is 6.09 Å². The highest BCUT2D eigenvalue weighted by Gasteiger charge is 2.40. The van der Waals surface area contributed by atoms with Crippen LogP contribution in [0.4, 0.5) is 4.79 Å². The fourth-order valence-corrected chi connectivity index (χ4v) is 6.01. The van der Waals surface area contributed by atoms with Crippen molar-refractivity contribution in [2.45, 2.75) is 50.1 Å². The van der Waals surface area contributed by atoms with Gasteiger partial charge in [0.25, 0.3) is 0 Å². The van der Waals surface area contributed by atoms with Gasteiger partial charge in [-0.1, -0.05) is 90.5 Å². The Morgan fingerprint density at radius 2 is 1.48 bits per heavy atom. The summed E-state index contributed by atoms with van der Waals surface area (Å²) in [7, 11) is 0. The lowest BCUT2D eigenvalue weighted by Crippen LogP contribution is -2.43. The van der Waals surface area contributed by atoms with Crippen molar-refractivity contribution in [3.05, 3.63) is 107 Å². The van der Waals surface area contributed by atoms with Gasteiger partial charge in [0.2, 0.25) is 0 Å². The average molecular weight is 436 g/mol. The summed E-state index contributed by atoms with van der Waals surface area (Å²) >= 11 is 0. The minimum atomic E-state index is -0.150. The van der Waals surface area contributed by atoms with Gasteiger partial charge in [0, 0.05) is 12.0 Å². The normalized spacial score (nSPS) is 20.8. The second kappa shape index (κ2) is 8.55. The summed E-state index contributed by atoms with van der Waals surface area (Å²) in [6.07, 6.45) is 7.43. The van der Waals surface area contributed by atoms with Crippen molar-refractivity contribution < 1.29 is 9.53 Å². The number of ether oxygens (including phenoxy) is 1. The quantitative estimate of drug-likeness (QED) is 0.416. The largest absolute Gasteiger partial charge is 0.448 e. The highest BCUT2D eigenvalue weighted by atomic mass is 16.6. The summed E-state index contributed by atoms with van der Waals surface area (Å²) in [6, 6.07) is 28.1. The molecule has 3 nitrogen and oxygen atoms in total. The summed E-state index contributed by atoms with van der Waals surface area (Å²) in [5, 5.41) is 0. The standard InChI is InChI=1S/C30H29NO2/c32-30(33-20-29-27-12-6-4-10-25(27)26-11-5-7-13-28(26)29)31-23-16-17-24(31)19-22(18-23)15-14-21-8-2-1-3-9-21/h1-13,18,23-24,29H,14-17,19-20H2. The van der Waals surface area contributed by atoms with Crippen LogP contribution in [0.2, 0.25) is 0 Å². The lowest BCUT2D eigenvalue weighted by Gasteiger charge is -2.33. The van der Waals surface area contributed by atoms with Crippen LogP contribution in [0.5, 0.6) is 0 Å². The van der Waals surface area contributed by atoms with E-state index in [0.29, 0.717) is 6.61 Å². The molecule has 0 spiro atoms. The van der Waals surface area contributed by atoms with Crippen LogP contribution in [-0.4, -0.2) is 29.7 Å². The van der Waals surface area contributed by atoms with Gasteiger partial charge in [-0.05, 0) is 59.9 Å². The number of fused-ring (bicyclic) bond motifs is 5. The Morgan fingerprint density at radius 3 is 2.18 bits per heavy atom. The van der Waals surface area contributed by atoms with Crippen LogP contribution < -0.4 is 0 Å². The molecule has 1 amide bonds. The molecule has 1 saturated heterocycles. The molecule has 1 aliphatic carbocycles. The topological polar surface area (TPSA) is 29.5 Å². The molecule has 2 heterocycles. The first kappa shape index (κ1) is 20.3. The van der Waals surface area contributed by atoms with E-state index in [1.165, 1.54) is 33.4 Å². The lowest BCUT2D eigenvalue weighted by atomic mass is 9.95. The second-order valence-corrected chi connectivity index (χ2v) is 9.52. The van der Waals surface area contributed by atoms with E-state index in [1.807, 2.05) is 4.90 Å². The second-order valence-electron chi connectivity index (χ2n) is 9.52. The van der Waals surface area contributed by atoms with Gasteiger partial charge in [-0.15, -0.1) is 0 Å². The van der Waals surface area contributed by atoms with Gasteiger partial charge >= 0.3 is 6.09 Å². The molecule has 0 aromatic heterocycles. The molecule has 33 heavy (non-hydrogen) atoms. The Balaban J connectivity index is 1.13. The molecule has 2 aliphatic heterocycles. The van der Waals surface area contributed by atoms with E-state index < -0.39 is 0 Å². The molecule has 0 radical (unpaired) electrons. The maximum atomic E-state index is 13.2. The van der Waals surface area contributed by atoms with Gasteiger partial charge in [-0.2, -0.15) is 0 Å². The molecule has 3 aliphatic rings. The fourth-order valence-electron chi connectivity index (χ4n) is 6.01. The smallest absolute Gasteiger partial charge is 0.410 e. The molecule has 3 aromatic carbocycles. The molecule has 0 saturated carbocycles. The zero-order chi connectivity index (χ0) is 22.2. The number of hydrogen-bond acceptors (Lipinski definition) is 2. The third kappa shape index (κ3) is 3.76. The van der Waals surface area contributed by atoms with Crippen LogP contribution in [0.25, 0.3) is 11.1 Å². The van der Waals surface area contributed by atoms with E-state index >= 15 is 0 Å². The minimum absolute atomic E-state index is 0.112. The fraction of sp³-hybridized carbons (Fsp3) is 0.300. The van der Waals surface area contributed by atoms with Gasteiger partial charge in [-0.3, -0.25) is 4.90 Å². The summed E-state index contributed by atoms with van der Waals surface area (Å²) < 4.78 is 5.98. The molecule has 2 atom stereocenters. The molecule has 2 bridgehead atoms. The molecule has 0 N–H and O–H groups in total. The molecule has 2 unspecified atom stereocenters. The zero-order valence-corrected chi connectivity index (χ0v) is 18.8. The molecule has 166 valence electrons. The van der Waals surface area contributed by atoms with Crippen LogP contribution in [0.1, 0.15) is 48.3 Å². The Hall–Kier alpha value is -3.33. The number of hydrogen-bond donors (Lipinski definition) is 0. The average Bonchev–Trinajstić information content (AvgIpc) is 3.33. The predicted molar refractivity (Wildman–Crippen MR) is 131 cm³/mol. The van der Waals surface area contributed by atoms with Gasteiger partial charge in [0.15, 0.2) is 0 Å². The Kier molecular flexibility index (Phi) is 5.26. The third-order valence-corrected chi connectivity index (χ3v) is 7.60. The summed E-state index contributed by atoms with van der Waals surface area (Å²) in [4.78, 5) is 15.2. The number of aryl methyl sites for hydroxylation is 1. The maximum Gasteiger partial charge on any atom is 0.410 e. The summed E-state index contributed by atoms with van der Waals surface area (Å²) in [6.45, 7) is 0.396. The Labute approximate surface area is 195 Å². The van der Waals surface area contributed by atoms with Crippen molar-refractivity contribution in [2.75, 3.05) is 6.61 Å². The van der Waals surface area contributed by atoms with E-state index in [2.05, 4.69) is 84.9 Å². The maximum absolute atomic E-state index is 13.2. The van der Waals surface area contributed by atoms with Crippen LogP contribution in [-0.2, 0) is 11.2 Å². The zero-order valence-electron chi connectivity index (χ0n) is 18.8. The van der Waals surface area contributed by atoms with Crippen molar-refractivity contribution in [3.63, 3.8) is 0 Å². The number of carbonyl (C=O) groups excluding carboxylic acids is 1. The van der Waals surface area contributed by atoms with Crippen LogP contribution in [0, 0.1) is 0 Å². The van der Waals surface area contributed by atoms with Gasteiger partial charge in [0.1, 0.15) is 6.61 Å². The summed E-state index contributed by atoms with van der Waals surface area (Å²) in [5.74, 6) is 0.112.